The lowest BCUT2D eigenvalue weighted by atomic mass is 9.94. The van der Waals surface area contributed by atoms with E-state index < -0.39 is 10.0 Å². The molecule has 0 atom stereocenters. The predicted octanol–water partition coefficient (Wildman–Crippen LogP) is 3.79. The van der Waals surface area contributed by atoms with Gasteiger partial charge in [0.1, 0.15) is 0 Å². The van der Waals surface area contributed by atoms with Gasteiger partial charge in [-0.3, -0.25) is 4.79 Å². The maximum atomic E-state index is 12.8. The van der Waals surface area contributed by atoms with Crippen LogP contribution in [0.2, 0.25) is 5.02 Å². The van der Waals surface area contributed by atoms with Crippen molar-refractivity contribution in [2.24, 2.45) is 5.92 Å². The highest BCUT2D eigenvalue weighted by Gasteiger charge is 2.29. The second-order valence-electron chi connectivity index (χ2n) is 8.61. The van der Waals surface area contributed by atoms with E-state index in [0.29, 0.717) is 43.5 Å². The van der Waals surface area contributed by atoms with E-state index in [1.54, 1.807) is 6.08 Å². The first-order chi connectivity index (χ1) is 15.4. The predicted molar refractivity (Wildman–Crippen MR) is 137 cm³/mol. The molecule has 1 N–H and O–H groups in total. The number of halogens is 2. The molecule has 2 aromatic carbocycles. The smallest absolute Gasteiger partial charge is 0.222 e. The van der Waals surface area contributed by atoms with Crippen molar-refractivity contribution in [1.82, 2.24) is 14.5 Å². The minimum atomic E-state index is -3.40. The first-order valence-corrected chi connectivity index (χ1v) is 13.2. The summed E-state index contributed by atoms with van der Waals surface area (Å²) in [5, 5.41) is 6.12. The van der Waals surface area contributed by atoms with Crippen LogP contribution in [0.25, 0.3) is 16.8 Å². The number of carbonyl (C=O) groups excluding carboxylic acids is 1. The van der Waals surface area contributed by atoms with Gasteiger partial charge in [0.25, 0.3) is 0 Å². The number of sulfonamides is 1. The minimum Gasteiger partial charge on any atom is -0.340 e. The standard InChI is InChI=1S/C24H30ClN3O3S.ClH/c25-23-6-5-21-16-19(3-4-22(21)18-23)2-1-15-32(30,31)28-13-11-27(12-14-28)24(29)17-20-7-9-26-10-8-20;/h1-6,16,18,20,26H,7-15,17H2;1H. The molecule has 0 unspecified atom stereocenters. The summed E-state index contributed by atoms with van der Waals surface area (Å²) < 4.78 is 27.0. The topological polar surface area (TPSA) is 69.7 Å². The van der Waals surface area contributed by atoms with Gasteiger partial charge in [-0.15, -0.1) is 12.4 Å². The third-order valence-corrected chi connectivity index (χ3v) is 8.35. The molecule has 2 aromatic rings. The molecule has 9 heteroatoms. The lowest BCUT2D eigenvalue weighted by Gasteiger charge is -2.35. The van der Waals surface area contributed by atoms with E-state index in [-0.39, 0.29) is 24.1 Å². The molecule has 0 aliphatic carbocycles. The summed E-state index contributed by atoms with van der Waals surface area (Å²) in [6.45, 7) is 3.63. The van der Waals surface area contributed by atoms with E-state index in [1.165, 1.54) is 4.31 Å². The van der Waals surface area contributed by atoms with Gasteiger partial charge in [-0.1, -0.05) is 42.0 Å². The molecular formula is C24H31Cl2N3O3S. The Bertz CT molecular complexity index is 1090. The molecular weight excluding hydrogens is 481 g/mol. The Balaban J connectivity index is 0.00000306. The third kappa shape index (κ3) is 6.93. The number of hydrogen-bond acceptors (Lipinski definition) is 4. The van der Waals surface area contributed by atoms with Crippen molar-refractivity contribution in [1.29, 1.82) is 0 Å². The molecule has 2 aliphatic heterocycles. The number of hydrogen-bond donors (Lipinski definition) is 1. The molecule has 2 saturated heterocycles. The summed E-state index contributed by atoms with van der Waals surface area (Å²) in [6.07, 6.45) is 6.19. The Labute approximate surface area is 207 Å². The van der Waals surface area contributed by atoms with Crippen LogP contribution in [-0.4, -0.2) is 68.6 Å². The van der Waals surface area contributed by atoms with Crippen molar-refractivity contribution >= 4 is 56.8 Å². The van der Waals surface area contributed by atoms with E-state index in [1.807, 2.05) is 47.4 Å². The van der Waals surface area contributed by atoms with Crippen LogP contribution in [0.15, 0.2) is 42.5 Å². The molecule has 2 heterocycles. The van der Waals surface area contributed by atoms with Crippen LogP contribution in [0.5, 0.6) is 0 Å². The zero-order valence-corrected chi connectivity index (χ0v) is 21.0. The lowest BCUT2D eigenvalue weighted by Crippen LogP contribution is -2.51. The Hall–Kier alpha value is -1.64. The average molecular weight is 513 g/mol. The number of piperazine rings is 1. The zero-order valence-electron chi connectivity index (χ0n) is 18.6. The monoisotopic (exact) mass is 511 g/mol. The summed E-state index contributed by atoms with van der Waals surface area (Å²) in [4.78, 5) is 14.4. The summed E-state index contributed by atoms with van der Waals surface area (Å²) in [5.41, 5.74) is 0.948. The molecule has 0 radical (unpaired) electrons. The van der Waals surface area contributed by atoms with Gasteiger partial charge in [-0.05, 0) is 66.4 Å². The molecule has 180 valence electrons. The first kappa shape index (κ1) is 26.0. The summed E-state index contributed by atoms with van der Waals surface area (Å²) in [6, 6.07) is 11.7. The molecule has 0 saturated carbocycles. The summed E-state index contributed by atoms with van der Waals surface area (Å²) in [7, 11) is -3.40. The molecule has 0 aromatic heterocycles. The van der Waals surface area contributed by atoms with Gasteiger partial charge >= 0.3 is 0 Å². The molecule has 1 amide bonds. The third-order valence-electron chi connectivity index (χ3n) is 6.35. The fourth-order valence-electron chi connectivity index (χ4n) is 4.43. The van der Waals surface area contributed by atoms with Crippen LogP contribution in [0.1, 0.15) is 24.8 Å². The fourth-order valence-corrected chi connectivity index (χ4v) is 5.88. The number of nitrogens with zero attached hydrogens (tertiary/aromatic N) is 2. The van der Waals surface area contributed by atoms with Gasteiger partial charge in [0.15, 0.2) is 0 Å². The second-order valence-corrected chi connectivity index (χ2v) is 11.1. The Morgan fingerprint density at radius 3 is 2.42 bits per heavy atom. The van der Waals surface area contributed by atoms with Gasteiger partial charge in [0.2, 0.25) is 15.9 Å². The lowest BCUT2D eigenvalue weighted by molar-refractivity contribution is -0.133. The van der Waals surface area contributed by atoms with Crippen LogP contribution >= 0.6 is 24.0 Å². The Morgan fingerprint density at radius 2 is 1.70 bits per heavy atom. The SMILES string of the molecule is Cl.O=C(CC1CCNCC1)N1CCN(S(=O)(=O)CC=Cc2ccc3cc(Cl)ccc3c2)CC1. The maximum Gasteiger partial charge on any atom is 0.222 e. The molecule has 33 heavy (non-hydrogen) atoms. The average Bonchev–Trinajstić information content (AvgIpc) is 2.80. The van der Waals surface area contributed by atoms with Gasteiger partial charge in [0, 0.05) is 37.6 Å². The highest BCUT2D eigenvalue weighted by Crippen LogP contribution is 2.22. The van der Waals surface area contributed by atoms with Crippen LogP contribution in [-0.2, 0) is 14.8 Å². The van der Waals surface area contributed by atoms with Gasteiger partial charge in [0.05, 0.1) is 5.75 Å². The van der Waals surface area contributed by atoms with Gasteiger partial charge in [-0.2, -0.15) is 4.31 Å². The maximum absolute atomic E-state index is 12.8. The number of nitrogens with one attached hydrogen (secondary N) is 1. The highest BCUT2D eigenvalue weighted by atomic mass is 35.5. The molecule has 2 aliphatic rings. The van der Waals surface area contributed by atoms with E-state index in [0.717, 1.165) is 42.3 Å². The van der Waals surface area contributed by atoms with Gasteiger partial charge < -0.3 is 10.2 Å². The zero-order chi connectivity index (χ0) is 22.6. The molecule has 0 spiro atoms. The van der Waals surface area contributed by atoms with Crippen molar-refractivity contribution in [2.75, 3.05) is 45.0 Å². The van der Waals surface area contributed by atoms with Crippen LogP contribution in [0, 0.1) is 5.92 Å². The van der Waals surface area contributed by atoms with Gasteiger partial charge in [-0.25, -0.2) is 8.42 Å². The number of fused-ring (bicyclic) bond motifs is 1. The Kier molecular flexibility index (Phi) is 9.18. The Morgan fingerprint density at radius 1 is 1.03 bits per heavy atom. The summed E-state index contributed by atoms with van der Waals surface area (Å²) >= 11 is 6.03. The van der Waals surface area contributed by atoms with E-state index >= 15 is 0 Å². The van der Waals surface area contributed by atoms with E-state index in [2.05, 4.69) is 5.32 Å². The highest BCUT2D eigenvalue weighted by molar-refractivity contribution is 7.89. The number of amides is 1. The summed E-state index contributed by atoms with van der Waals surface area (Å²) in [5.74, 6) is 0.559. The van der Waals surface area contributed by atoms with E-state index in [9.17, 15) is 13.2 Å². The van der Waals surface area contributed by atoms with Crippen molar-refractivity contribution < 1.29 is 13.2 Å². The van der Waals surface area contributed by atoms with E-state index in [4.69, 9.17) is 11.6 Å². The van der Waals surface area contributed by atoms with Crippen molar-refractivity contribution in [3.05, 3.63) is 53.1 Å². The number of piperidine rings is 1. The number of carbonyl (C=O) groups is 1. The minimum absolute atomic E-state index is 0. The van der Waals surface area contributed by atoms with Crippen molar-refractivity contribution in [2.45, 2.75) is 19.3 Å². The second kappa shape index (κ2) is 11.7. The fraction of sp³-hybridized carbons (Fsp3) is 0.458. The molecule has 0 bridgehead atoms. The van der Waals surface area contributed by atoms with Crippen molar-refractivity contribution in [3.63, 3.8) is 0 Å². The van der Waals surface area contributed by atoms with Crippen molar-refractivity contribution in [3.8, 4) is 0 Å². The molecule has 6 nitrogen and oxygen atoms in total. The number of benzene rings is 2. The quantitative estimate of drug-likeness (QED) is 0.640. The molecule has 4 rings (SSSR count). The normalized spacial score (nSPS) is 18.5. The largest absolute Gasteiger partial charge is 0.340 e. The van der Waals surface area contributed by atoms with Crippen LogP contribution < -0.4 is 5.32 Å². The van der Waals surface area contributed by atoms with Crippen LogP contribution in [0.3, 0.4) is 0 Å². The first-order valence-electron chi connectivity index (χ1n) is 11.2. The van der Waals surface area contributed by atoms with Crippen LogP contribution in [0.4, 0.5) is 0 Å². The molecule has 2 fully saturated rings. The number of rotatable bonds is 6.